The Labute approximate surface area is 234 Å². The maximum Gasteiger partial charge on any atom is 0.259 e. The Morgan fingerprint density at radius 3 is 2.27 bits per heavy atom. The number of hydrogen-bond acceptors (Lipinski definition) is 6. The third kappa shape index (κ3) is 5.71. The summed E-state index contributed by atoms with van der Waals surface area (Å²) in [4.78, 5) is 30.0. The zero-order valence-corrected chi connectivity index (χ0v) is 23.2. The van der Waals surface area contributed by atoms with Gasteiger partial charge in [0.25, 0.3) is 5.91 Å². The van der Waals surface area contributed by atoms with E-state index in [-0.39, 0.29) is 29.4 Å². The fraction of sp³-hybridized carbons (Fsp3) is 0.375. The molecule has 1 saturated carbocycles. The summed E-state index contributed by atoms with van der Waals surface area (Å²) in [5, 5.41) is 13.5. The number of phenolic OH excluding ortho intramolecular Hbond substituents is 1. The van der Waals surface area contributed by atoms with E-state index in [1.807, 2.05) is 24.3 Å². The molecule has 2 N–H and O–H groups in total. The number of hydrogen-bond donors (Lipinski definition) is 2. The SMILES string of the molecule is COc1cc(C(C(=O)NC2CCCC2)N(C(=O)c2ccc3c(c2)OCCO3)c2ccc(C(C)C)cc2)ccc1O. The predicted octanol–water partition coefficient (Wildman–Crippen LogP) is 5.74. The molecule has 1 fully saturated rings. The number of amides is 2. The van der Waals surface area contributed by atoms with E-state index < -0.39 is 6.04 Å². The first kappa shape index (κ1) is 27.4. The van der Waals surface area contributed by atoms with E-state index in [4.69, 9.17) is 14.2 Å². The standard InChI is InChI=1S/C32H36N2O6/c1-20(2)21-8-12-25(13-9-21)34(32(37)23-11-15-27-29(19-23)40-17-16-39-27)30(31(36)33-24-6-4-5-7-24)22-10-14-26(35)28(18-22)38-3/h8-15,18-20,24,30,35H,4-7,16-17H2,1-3H3,(H,33,36). The minimum Gasteiger partial charge on any atom is -0.504 e. The van der Waals surface area contributed by atoms with Crippen molar-refractivity contribution in [2.45, 2.75) is 57.5 Å². The fourth-order valence-electron chi connectivity index (χ4n) is 5.35. The molecule has 0 aromatic heterocycles. The van der Waals surface area contributed by atoms with Gasteiger partial charge in [0, 0.05) is 17.3 Å². The van der Waals surface area contributed by atoms with Crippen LogP contribution in [0.1, 0.15) is 73.0 Å². The molecule has 1 aliphatic heterocycles. The van der Waals surface area contributed by atoms with Gasteiger partial charge >= 0.3 is 0 Å². The van der Waals surface area contributed by atoms with Gasteiger partial charge in [0.1, 0.15) is 19.3 Å². The summed E-state index contributed by atoms with van der Waals surface area (Å²) < 4.78 is 16.8. The van der Waals surface area contributed by atoms with Crippen molar-refractivity contribution in [1.82, 2.24) is 5.32 Å². The van der Waals surface area contributed by atoms with Gasteiger partial charge in [-0.3, -0.25) is 14.5 Å². The highest BCUT2D eigenvalue weighted by Gasteiger charge is 2.36. The van der Waals surface area contributed by atoms with Crippen molar-refractivity contribution in [2.24, 2.45) is 0 Å². The maximum atomic E-state index is 14.4. The molecule has 0 bridgehead atoms. The average molecular weight is 545 g/mol. The number of anilines is 1. The smallest absolute Gasteiger partial charge is 0.259 e. The number of aromatic hydroxyl groups is 1. The average Bonchev–Trinajstić information content (AvgIpc) is 3.48. The van der Waals surface area contributed by atoms with E-state index >= 15 is 0 Å². The van der Waals surface area contributed by atoms with Gasteiger partial charge in [-0.25, -0.2) is 0 Å². The largest absolute Gasteiger partial charge is 0.504 e. The van der Waals surface area contributed by atoms with Crippen LogP contribution in [0.5, 0.6) is 23.0 Å². The number of benzene rings is 3. The van der Waals surface area contributed by atoms with Gasteiger partial charge in [-0.2, -0.15) is 0 Å². The molecule has 8 nitrogen and oxygen atoms in total. The predicted molar refractivity (Wildman–Crippen MR) is 153 cm³/mol. The Morgan fingerprint density at radius 2 is 1.60 bits per heavy atom. The number of phenols is 1. The zero-order valence-electron chi connectivity index (χ0n) is 23.2. The second-order valence-electron chi connectivity index (χ2n) is 10.6. The Bertz CT molecular complexity index is 1360. The number of nitrogens with one attached hydrogen (secondary N) is 1. The van der Waals surface area contributed by atoms with Crippen LogP contribution in [0.3, 0.4) is 0 Å². The van der Waals surface area contributed by atoms with Gasteiger partial charge < -0.3 is 24.6 Å². The molecule has 2 aliphatic rings. The highest BCUT2D eigenvalue weighted by molar-refractivity contribution is 6.10. The summed E-state index contributed by atoms with van der Waals surface area (Å²) in [6.45, 7) is 5.05. The zero-order chi connectivity index (χ0) is 28.2. The molecule has 2 amide bonds. The molecule has 210 valence electrons. The molecule has 1 atom stereocenters. The quantitative estimate of drug-likeness (QED) is 0.375. The number of carbonyl (C=O) groups is 2. The molecule has 3 aromatic carbocycles. The number of fused-ring (bicyclic) bond motifs is 1. The second-order valence-corrected chi connectivity index (χ2v) is 10.6. The lowest BCUT2D eigenvalue weighted by Gasteiger charge is -2.33. The lowest BCUT2D eigenvalue weighted by molar-refractivity contribution is -0.123. The van der Waals surface area contributed by atoms with Crippen LogP contribution in [0.4, 0.5) is 5.69 Å². The molecule has 40 heavy (non-hydrogen) atoms. The van der Waals surface area contributed by atoms with Crippen LogP contribution in [0.15, 0.2) is 60.7 Å². The molecule has 1 heterocycles. The van der Waals surface area contributed by atoms with Crippen LogP contribution in [0.2, 0.25) is 0 Å². The van der Waals surface area contributed by atoms with Gasteiger partial charge in [-0.05, 0) is 72.4 Å². The van der Waals surface area contributed by atoms with Crippen molar-refractivity contribution in [2.75, 3.05) is 25.2 Å². The molecule has 1 aliphatic carbocycles. The molecule has 8 heteroatoms. The van der Waals surface area contributed by atoms with Crippen molar-refractivity contribution in [3.8, 4) is 23.0 Å². The number of nitrogens with zero attached hydrogens (tertiary/aromatic N) is 1. The Hall–Kier alpha value is -4.20. The first-order valence-electron chi connectivity index (χ1n) is 13.9. The van der Waals surface area contributed by atoms with E-state index in [9.17, 15) is 14.7 Å². The summed E-state index contributed by atoms with van der Waals surface area (Å²) in [5.41, 5.74) is 2.57. The minimum absolute atomic E-state index is 0.0450. The maximum absolute atomic E-state index is 14.4. The monoisotopic (exact) mass is 544 g/mol. The molecule has 1 unspecified atom stereocenters. The van der Waals surface area contributed by atoms with Gasteiger partial charge in [-0.1, -0.05) is 44.9 Å². The van der Waals surface area contributed by atoms with E-state index in [2.05, 4.69) is 19.2 Å². The Balaban J connectivity index is 1.63. The number of ether oxygens (including phenoxy) is 3. The number of rotatable bonds is 8. The van der Waals surface area contributed by atoms with Gasteiger partial charge in [-0.15, -0.1) is 0 Å². The number of carbonyl (C=O) groups excluding carboxylic acids is 2. The highest BCUT2D eigenvalue weighted by atomic mass is 16.6. The summed E-state index contributed by atoms with van der Waals surface area (Å²) in [7, 11) is 1.45. The van der Waals surface area contributed by atoms with Gasteiger partial charge in [0.05, 0.1) is 7.11 Å². The van der Waals surface area contributed by atoms with Crippen LogP contribution in [0.25, 0.3) is 0 Å². The van der Waals surface area contributed by atoms with Crippen LogP contribution in [-0.4, -0.2) is 43.3 Å². The van der Waals surface area contributed by atoms with Crippen molar-refractivity contribution >= 4 is 17.5 Å². The highest BCUT2D eigenvalue weighted by Crippen LogP contribution is 2.37. The van der Waals surface area contributed by atoms with Gasteiger partial charge in [0.15, 0.2) is 23.0 Å². The minimum atomic E-state index is -1.03. The molecule has 3 aromatic rings. The van der Waals surface area contributed by atoms with E-state index in [0.717, 1.165) is 31.2 Å². The van der Waals surface area contributed by atoms with Gasteiger partial charge in [0.2, 0.25) is 5.91 Å². The van der Waals surface area contributed by atoms with Crippen molar-refractivity contribution in [3.63, 3.8) is 0 Å². The van der Waals surface area contributed by atoms with Crippen LogP contribution in [0, 0.1) is 0 Å². The second kappa shape index (κ2) is 11.9. The van der Waals surface area contributed by atoms with Crippen LogP contribution < -0.4 is 24.4 Å². The third-order valence-corrected chi connectivity index (χ3v) is 7.57. The van der Waals surface area contributed by atoms with Crippen molar-refractivity contribution in [3.05, 3.63) is 77.4 Å². The summed E-state index contributed by atoms with van der Waals surface area (Å²) in [6.07, 6.45) is 3.91. The third-order valence-electron chi connectivity index (χ3n) is 7.57. The molecule has 5 rings (SSSR count). The van der Waals surface area contributed by atoms with E-state index in [0.29, 0.717) is 47.4 Å². The van der Waals surface area contributed by atoms with Crippen molar-refractivity contribution in [1.29, 1.82) is 0 Å². The number of methoxy groups -OCH3 is 1. The molecular formula is C32H36N2O6. The first-order valence-corrected chi connectivity index (χ1v) is 13.9. The van der Waals surface area contributed by atoms with E-state index in [1.165, 1.54) is 18.1 Å². The van der Waals surface area contributed by atoms with Crippen molar-refractivity contribution < 1.29 is 28.9 Å². The first-order chi connectivity index (χ1) is 19.4. The normalized spacial score (nSPS) is 15.5. The Kier molecular flexibility index (Phi) is 8.14. The fourth-order valence-corrected chi connectivity index (χ4v) is 5.35. The summed E-state index contributed by atoms with van der Waals surface area (Å²) >= 11 is 0. The summed E-state index contributed by atoms with van der Waals surface area (Å²) in [5.74, 6) is 0.885. The lowest BCUT2D eigenvalue weighted by Crippen LogP contribution is -2.46. The van der Waals surface area contributed by atoms with Crippen LogP contribution >= 0.6 is 0 Å². The molecule has 0 spiro atoms. The lowest BCUT2D eigenvalue weighted by atomic mass is 9.98. The topological polar surface area (TPSA) is 97.3 Å². The van der Waals surface area contributed by atoms with E-state index in [1.54, 1.807) is 30.3 Å². The van der Waals surface area contributed by atoms with Crippen LogP contribution in [-0.2, 0) is 4.79 Å². The molecular weight excluding hydrogens is 508 g/mol. The molecule has 0 radical (unpaired) electrons. The Morgan fingerprint density at radius 1 is 0.925 bits per heavy atom. The summed E-state index contributed by atoms with van der Waals surface area (Å²) in [6, 6.07) is 16.5. The molecule has 0 saturated heterocycles.